The molecule has 2 N–H and O–H groups in total. The molecule has 0 spiro atoms. The van der Waals surface area contributed by atoms with Gasteiger partial charge in [0, 0.05) is 6.54 Å². The molecule has 3 heteroatoms. The summed E-state index contributed by atoms with van der Waals surface area (Å²) in [5, 5.41) is 12.2. The van der Waals surface area contributed by atoms with E-state index in [0.717, 1.165) is 30.6 Å². The van der Waals surface area contributed by atoms with Crippen LogP contribution >= 0.6 is 0 Å². The van der Waals surface area contributed by atoms with Gasteiger partial charge >= 0.3 is 0 Å². The van der Waals surface area contributed by atoms with Crippen LogP contribution in [0.5, 0.6) is 5.75 Å². The zero-order valence-corrected chi connectivity index (χ0v) is 7.76. The summed E-state index contributed by atoms with van der Waals surface area (Å²) in [6.45, 7) is 1.76. The second kappa shape index (κ2) is 3.80. The molecular weight excluding hydrogens is 181 g/mol. The second-order valence-electron chi connectivity index (χ2n) is 3.35. The molecule has 1 aliphatic rings. The Bertz CT molecular complexity index is 374. The highest BCUT2D eigenvalue weighted by molar-refractivity contribution is 5.67. The molecule has 0 saturated heterocycles. The van der Waals surface area contributed by atoms with Crippen molar-refractivity contribution < 1.29 is 9.50 Å². The number of aromatic hydroxyl groups is 1. The Morgan fingerprint density at radius 2 is 2.21 bits per heavy atom. The molecule has 0 radical (unpaired) electrons. The first-order chi connectivity index (χ1) is 6.77. The van der Waals surface area contributed by atoms with Gasteiger partial charge in [-0.2, -0.15) is 0 Å². The third-order valence-corrected chi connectivity index (χ3v) is 2.38. The average Bonchev–Trinajstić information content (AvgIpc) is 2.23. The van der Waals surface area contributed by atoms with E-state index in [-0.39, 0.29) is 5.75 Å². The summed E-state index contributed by atoms with van der Waals surface area (Å²) >= 11 is 0. The van der Waals surface area contributed by atoms with Crippen LogP contribution in [0.25, 0.3) is 5.57 Å². The van der Waals surface area contributed by atoms with E-state index in [0.29, 0.717) is 0 Å². The fraction of sp³-hybridized carbons (Fsp3) is 0.273. The number of phenols is 1. The molecule has 1 heterocycles. The predicted molar refractivity (Wildman–Crippen MR) is 53.5 cm³/mol. The minimum absolute atomic E-state index is 0.289. The molecule has 2 nitrogen and oxygen atoms in total. The molecule has 2 rings (SSSR count). The van der Waals surface area contributed by atoms with Crippen LogP contribution in [0.3, 0.4) is 0 Å². The fourth-order valence-electron chi connectivity index (χ4n) is 1.59. The van der Waals surface area contributed by atoms with Crippen molar-refractivity contribution in [3.8, 4) is 5.75 Å². The number of halogens is 1. The molecule has 0 atom stereocenters. The van der Waals surface area contributed by atoms with Crippen LogP contribution in [-0.2, 0) is 0 Å². The first kappa shape index (κ1) is 9.21. The summed E-state index contributed by atoms with van der Waals surface area (Å²) in [7, 11) is 0. The van der Waals surface area contributed by atoms with Gasteiger partial charge in [-0.15, -0.1) is 0 Å². The normalized spacial score (nSPS) is 16.5. The number of hydrogen-bond acceptors (Lipinski definition) is 2. The lowest BCUT2D eigenvalue weighted by Gasteiger charge is -2.14. The third kappa shape index (κ3) is 1.77. The van der Waals surface area contributed by atoms with Crippen molar-refractivity contribution in [1.82, 2.24) is 5.32 Å². The lowest BCUT2D eigenvalue weighted by atomic mass is 10.0. The van der Waals surface area contributed by atoms with Crippen LogP contribution < -0.4 is 5.32 Å². The van der Waals surface area contributed by atoms with Gasteiger partial charge in [-0.05, 0) is 36.2 Å². The Morgan fingerprint density at radius 3 is 2.86 bits per heavy atom. The van der Waals surface area contributed by atoms with Gasteiger partial charge < -0.3 is 10.4 Å². The Hall–Kier alpha value is -1.35. The van der Waals surface area contributed by atoms with E-state index >= 15 is 0 Å². The van der Waals surface area contributed by atoms with E-state index in [1.165, 1.54) is 12.1 Å². The van der Waals surface area contributed by atoms with Crippen molar-refractivity contribution in [1.29, 1.82) is 0 Å². The smallest absolute Gasteiger partial charge is 0.165 e. The second-order valence-corrected chi connectivity index (χ2v) is 3.35. The number of phenolic OH excluding ortho intramolecular Hbond substituents is 1. The molecule has 1 aromatic carbocycles. The molecular formula is C11H12FNO. The van der Waals surface area contributed by atoms with Crippen LogP contribution in [0.15, 0.2) is 24.3 Å². The zero-order valence-electron chi connectivity index (χ0n) is 7.76. The molecule has 0 unspecified atom stereocenters. The van der Waals surface area contributed by atoms with E-state index in [2.05, 4.69) is 11.4 Å². The molecule has 0 fully saturated rings. The highest BCUT2D eigenvalue weighted by Crippen LogP contribution is 2.24. The maximum Gasteiger partial charge on any atom is 0.165 e. The zero-order chi connectivity index (χ0) is 9.97. The standard InChI is InChI=1S/C11H12FNO/c12-10-7-9(1-2-11(10)14)8-3-5-13-6-4-8/h1-3,7,13-14H,4-6H2. The first-order valence-electron chi connectivity index (χ1n) is 4.66. The summed E-state index contributed by atoms with van der Waals surface area (Å²) in [4.78, 5) is 0. The van der Waals surface area contributed by atoms with Gasteiger partial charge in [0.15, 0.2) is 11.6 Å². The van der Waals surface area contributed by atoms with Crippen molar-refractivity contribution >= 4 is 5.57 Å². The maximum atomic E-state index is 13.0. The van der Waals surface area contributed by atoms with Gasteiger partial charge in [0.1, 0.15) is 0 Å². The van der Waals surface area contributed by atoms with Gasteiger partial charge in [-0.1, -0.05) is 12.1 Å². The summed E-state index contributed by atoms with van der Waals surface area (Å²) < 4.78 is 13.0. The SMILES string of the molecule is Oc1ccc(C2=CCNCC2)cc1F. The third-order valence-electron chi connectivity index (χ3n) is 2.38. The summed E-state index contributed by atoms with van der Waals surface area (Å²) in [6, 6.07) is 4.52. The topological polar surface area (TPSA) is 32.3 Å². The molecule has 14 heavy (non-hydrogen) atoms. The first-order valence-corrected chi connectivity index (χ1v) is 4.66. The van der Waals surface area contributed by atoms with E-state index in [9.17, 15) is 4.39 Å². The Balaban J connectivity index is 2.32. The highest BCUT2D eigenvalue weighted by atomic mass is 19.1. The summed E-state index contributed by atoms with van der Waals surface area (Å²) in [6.07, 6.45) is 2.96. The summed E-state index contributed by atoms with van der Waals surface area (Å²) in [5.41, 5.74) is 2.00. The minimum atomic E-state index is -0.554. The van der Waals surface area contributed by atoms with Crippen molar-refractivity contribution in [2.75, 3.05) is 13.1 Å². The van der Waals surface area contributed by atoms with E-state index in [1.807, 2.05) is 0 Å². The van der Waals surface area contributed by atoms with E-state index in [1.54, 1.807) is 6.07 Å². The minimum Gasteiger partial charge on any atom is -0.505 e. The van der Waals surface area contributed by atoms with Crippen LogP contribution in [0, 0.1) is 5.82 Å². The van der Waals surface area contributed by atoms with Crippen molar-refractivity contribution in [3.05, 3.63) is 35.7 Å². The van der Waals surface area contributed by atoms with Crippen molar-refractivity contribution in [2.45, 2.75) is 6.42 Å². The Morgan fingerprint density at radius 1 is 1.36 bits per heavy atom. The lowest BCUT2D eigenvalue weighted by Crippen LogP contribution is -2.20. The average molecular weight is 193 g/mol. The monoisotopic (exact) mass is 193 g/mol. The molecule has 0 aliphatic carbocycles. The number of rotatable bonds is 1. The van der Waals surface area contributed by atoms with E-state index in [4.69, 9.17) is 5.11 Å². The Labute approximate surface area is 82.1 Å². The molecule has 1 aromatic rings. The van der Waals surface area contributed by atoms with Gasteiger partial charge in [-0.25, -0.2) is 4.39 Å². The number of hydrogen-bond donors (Lipinski definition) is 2. The number of nitrogens with one attached hydrogen (secondary N) is 1. The van der Waals surface area contributed by atoms with E-state index < -0.39 is 5.82 Å². The molecule has 0 bridgehead atoms. The molecule has 1 aliphatic heterocycles. The van der Waals surface area contributed by atoms with Crippen molar-refractivity contribution in [3.63, 3.8) is 0 Å². The van der Waals surface area contributed by atoms with Crippen molar-refractivity contribution in [2.24, 2.45) is 0 Å². The maximum absolute atomic E-state index is 13.0. The van der Waals surface area contributed by atoms with Gasteiger partial charge in [0.2, 0.25) is 0 Å². The molecule has 74 valence electrons. The quantitative estimate of drug-likeness (QED) is 0.714. The Kier molecular flexibility index (Phi) is 2.50. The molecule has 0 aromatic heterocycles. The van der Waals surface area contributed by atoms with Gasteiger partial charge in [0.25, 0.3) is 0 Å². The fourth-order valence-corrected chi connectivity index (χ4v) is 1.59. The predicted octanol–water partition coefficient (Wildman–Crippen LogP) is 1.91. The van der Waals surface area contributed by atoms with Crippen LogP contribution in [0.2, 0.25) is 0 Å². The van der Waals surface area contributed by atoms with Crippen LogP contribution in [0.4, 0.5) is 4.39 Å². The lowest BCUT2D eigenvalue weighted by molar-refractivity contribution is 0.432. The van der Waals surface area contributed by atoms with Gasteiger partial charge in [-0.3, -0.25) is 0 Å². The van der Waals surface area contributed by atoms with Crippen LogP contribution in [0.1, 0.15) is 12.0 Å². The molecule has 0 amide bonds. The van der Waals surface area contributed by atoms with Crippen LogP contribution in [-0.4, -0.2) is 18.2 Å². The molecule has 0 saturated carbocycles. The largest absolute Gasteiger partial charge is 0.505 e. The highest BCUT2D eigenvalue weighted by Gasteiger charge is 2.08. The number of benzene rings is 1. The summed E-state index contributed by atoms with van der Waals surface area (Å²) in [5.74, 6) is -0.842. The van der Waals surface area contributed by atoms with Gasteiger partial charge in [0.05, 0.1) is 0 Å².